The molecule has 0 bridgehead atoms. The third-order valence-electron chi connectivity index (χ3n) is 4.43. The number of aromatic nitrogens is 5. The van der Waals surface area contributed by atoms with Crippen LogP contribution in [0.1, 0.15) is 17.8 Å². The van der Waals surface area contributed by atoms with Crippen molar-refractivity contribution in [2.75, 3.05) is 6.54 Å². The van der Waals surface area contributed by atoms with Crippen molar-refractivity contribution < 1.29 is 0 Å². The summed E-state index contributed by atoms with van der Waals surface area (Å²) in [5, 5.41) is 11.6. The summed E-state index contributed by atoms with van der Waals surface area (Å²) in [6.45, 7) is 2.78. The Hall–Kier alpha value is -2.60. The fourth-order valence-electron chi connectivity index (χ4n) is 3.10. The van der Waals surface area contributed by atoms with Crippen LogP contribution in [-0.2, 0) is 19.5 Å². The molecule has 24 heavy (non-hydrogen) atoms. The van der Waals surface area contributed by atoms with Gasteiger partial charge in [0.2, 0.25) is 0 Å². The molecule has 1 N–H and O–H groups in total. The summed E-state index contributed by atoms with van der Waals surface area (Å²) in [7, 11) is 0. The molecule has 0 radical (unpaired) electrons. The van der Waals surface area contributed by atoms with Crippen LogP contribution >= 0.6 is 0 Å². The fraction of sp³-hybridized carbons (Fsp3) is 0.333. The zero-order valence-electron chi connectivity index (χ0n) is 13.5. The number of nitrogens with zero attached hydrogens (tertiary/aromatic N) is 5. The summed E-state index contributed by atoms with van der Waals surface area (Å²) in [5.41, 5.74) is 2.15. The molecule has 1 atom stereocenters. The van der Waals surface area contributed by atoms with E-state index in [9.17, 15) is 0 Å². The molecule has 122 valence electrons. The fourth-order valence-corrected chi connectivity index (χ4v) is 3.10. The van der Waals surface area contributed by atoms with Crippen molar-refractivity contribution in [3.63, 3.8) is 0 Å². The monoisotopic (exact) mass is 320 g/mol. The highest BCUT2D eigenvalue weighted by Crippen LogP contribution is 2.17. The normalized spacial score (nSPS) is 16.8. The standard InChI is InChI=1S/C18H20N6/c1-2-4-16(5-3-1)18-20-10-15(11-21-18)9-19-8-14-6-7-17-23-22-13-24(17)12-14/h1-5,10-11,13-14,19H,6-9,12H2. The predicted molar refractivity (Wildman–Crippen MR) is 91.0 cm³/mol. The van der Waals surface area contributed by atoms with E-state index in [1.807, 2.05) is 49.1 Å². The molecule has 1 aliphatic heterocycles. The van der Waals surface area contributed by atoms with Crippen molar-refractivity contribution in [1.29, 1.82) is 0 Å². The highest BCUT2D eigenvalue weighted by atomic mass is 15.3. The van der Waals surface area contributed by atoms with Gasteiger partial charge in [0, 0.05) is 43.0 Å². The van der Waals surface area contributed by atoms with Crippen molar-refractivity contribution in [3.8, 4) is 11.4 Å². The Morgan fingerprint density at radius 3 is 2.79 bits per heavy atom. The van der Waals surface area contributed by atoms with E-state index in [1.54, 1.807) is 0 Å². The summed E-state index contributed by atoms with van der Waals surface area (Å²) < 4.78 is 2.16. The topological polar surface area (TPSA) is 68.5 Å². The molecule has 0 spiro atoms. The van der Waals surface area contributed by atoms with Gasteiger partial charge in [0.25, 0.3) is 0 Å². The van der Waals surface area contributed by atoms with Crippen molar-refractivity contribution >= 4 is 0 Å². The molecular weight excluding hydrogens is 300 g/mol. The zero-order valence-corrected chi connectivity index (χ0v) is 13.5. The van der Waals surface area contributed by atoms with E-state index in [4.69, 9.17) is 0 Å². The van der Waals surface area contributed by atoms with E-state index < -0.39 is 0 Å². The van der Waals surface area contributed by atoms with Gasteiger partial charge in [0.05, 0.1) is 0 Å². The minimum absolute atomic E-state index is 0.623. The number of aryl methyl sites for hydroxylation is 1. The number of fused-ring (bicyclic) bond motifs is 1. The zero-order chi connectivity index (χ0) is 16.2. The Kier molecular flexibility index (Phi) is 4.29. The van der Waals surface area contributed by atoms with E-state index in [1.165, 1.54) is 0 Å². The molecule has 1 aliphatic rings. The number of hydrogen-bond donors (Lipinski definition) is 1. The second-order valence-corrected chi connectivity index (χ2v) is 6.22. The summed E-state index contributed by atoms with van der Waals surface area (Å²) in [5.74, 6) is 2.50. The van der Waals surface area contributed by atoms with Gasteiger partial charge in [-0.05, 0) is 18.9 Å². The lowest BCUT2D eigenvalue weighted by Gasteiger charge is -2.23. The van der Waals surface area contributed by atoms with Crippen LogP contribution in [0.15, 0.2) is 49.1 Å². The van der Waals surface area contributed by atoms with Crippen molar-refractivity contribution in [2.24, 2.45) is 5.92 Å². The van der Waals surface area contributed by atoms with Gasteiger partial charge in [-0.1, -0.05) is 30.3 Å². The van der Waals surface area contributed by atoms with Crippen LogP contribution in [0.5, 0.6) is 0 Å². The molecule has 3 aromatic rings. The summed E-state index contributed by atoms with van der Waals surface area (Å²) in [4.78, 5) is 8.93. The first-order valence-electron chi connectivity index (χ1n) is 8.32. The Bertz CT molecular complexity index is 781. The van der Waals surface area contributed by atoms with Crippen molar-refractivity contribution in [2.45, 2.75) is 25.9 Å². The van der Waals surface area contributed by atoms with Gasteiger partial charge < -0.3 is 9.88 Å². The first-order chi connectivity index (χ1) is 11.9. The lowest BCUT2D eigenvalue weighted by Crippen LogP contribution is -2.29. The quantitative estimate of drug-likeness (QED) is 0.779. The largest absolute Gasteiger partial charge is 0.317 e. The Morgan fingerprint density at radius 2 is 1.96 bits per heavy atom. The number of benzene rings is 1. The molecule has 0 saturated carbocycles. The van der Waals surface area contributed by atoms with Gasteiger partial charge in [0.1, 0.15) is 12.2 Å². The van der Waals surface area contributed by atoms with E-state index in [-0.39, 0.29) is 0 Å². The van der Waals surface area contributed by atoms with Gasteiger partial charge in [-0.3, -0.25) is 0 Å². The molecule has 1 unspecified atom stereocenters. The third kappa shape index (κ3) is 3.33. The number of nitrogens with one attached hydrogen (secondary N) is 1. The van der Waals surface area contributed by atoms with Crippen LogP contribution in [0.4, 0.5) is 0 Å². The van der Waals surface area contributed by atoms with Crippen LogP contribution in [0.3, 0.4) is 0 Å². The minimum atomic E-state index is 0.623. The maximum atomic E-state index is 4.47. The smallest absolute Gasteiger partial charge is 0.159 e. The highest BCUT2D eigenvalue weighted by Gasteiger charge is 2.18. The molecule has 1 aromatic carbocycles. The first-order valence-corrected chi connectivity index (χ1v) is 8.32. The van der Waals surface area contributed by atoms with E-state index in [0.29, 0.717) is 5.92 Å². The van der Waals surface area contributed by atoms with Gasteiger partial charge >= 0.3 is 0 Å². The predicted octanol–water partition coefficient (Wildman–Crippen LogP) is 2.09. The molecule has 0 aliphatic carbocycles. The van der Waals surface area contributed by atoms with E-state index in [0.717, 1.165) is 55.3 Å². The van der Waals surface area contributed by atoms with Crippen molar-refractivity contribution in [3.05, 3.63) is 60.4 Å². The first kappa shape index (κ1) is 15.0. The van der Waals surface area contributed by atoms with Crippen LogP contribution in [-0.4, -0.2) is 31.3 Å². The van der Waals surface area contributed by atoms with Gasteiger partial charge in [-0.2, -0.15) is 0 Å². The van der Waals surface area contributed by atoms with Gasteiger partial charge in [-0.15, -0.1) is 10.2 Å². The lowest BCUT2D eigenvalue weighted by atomic mass is 9.99. The van der Waals surface area contributed by atoms with E-state index in [2.05, 4.69) is 30.0 Å². The maximum Gasteiger partial charge on any atom is 0.159 e. The summed E-state index contributed by atoms with van der Waals surface area (Å²) >= 11 is 0. The molecule has 0 saturated heterocycles. The van der Waals surface area contributed by atoms with Crippen LogP contribution in [0.2, 0.25) is 0 Å². The van der Waals surface area contributed by atoms with Crippen LogP contribution < -0.4 is 5.32 Å². The van der Waals surface area contributed by atoms with Crippen LogP contribution in [0, 0.1) is 5.92 Å². The molecule has 4 rings (SSSR count). The summed E-state index contributed by atoms with van der Waals surface area (Å²) in [6, 6.07) is 10.0. The maximum absolute atomic E-state index is 4.47. The molecule has 3 heterocycles. The average Bonchev–Trinajstić information content (AvgIpc) is 3.11. The minimum Gasteiger partial charge on any atom is -0.317 e. The van der Waals surface area contributed by atoms with Crippen molar-refractivity contribution in [1.82, 2.24) is 30.0 Å². The number of hydrogen-bond acceptors (Lipinski definition) is 5. The SMILES string of the molecule is c1ccc(-c2ncc(CNCC3CCc4nncn4C3)cn2)cc1. The van der Waals surface area contributed by atoms with Gasteiger partial charge in [-0.25, -0.2) is 9.97 Å². The Morgan fingerprint density at radius 1 is 1.12 bits per heavy atom. The molecular formula is C18H20N6. The molecule has 6 heteroatoms. The Balaban J connectivity index is 1.29. The second kappa shape index (κ2) is 6.88. The number of rotatable bonds is 5. The average molecular weight is 320 g/mol. The van der Waals surface area contributed by atoms with Gasteiger partial charge in [0.15, 0.2) is 5.82 Å². The second-order valence-electron chi connectivity index (χ2n) is 6.22. The highest BCUT2D eigenvalue weighted by molar-refractivity contribution is 5.53. The molecule has 2 aromatic heterocycles. The van der Waals surface area contributed by atoms with E-state index >= 15 is 0 Å². The Labute approximate surface area is 141 Å². The van der Waals surface area contributed by atoms with Crippen LogP contribution in [0.25, 0.3) is 11.4 Å². The molecule has 6 nitrogen and oxygen atoms in total. The molecule has 0 amide bonds. The summed E-state index contributed by atoms with van der Waals surface area (Å²) in [6.07, 6.45) is 7.82. The third-order valence-corrected chi connectivity index (χ3v) is 4.43. The lowest BCUT2D eigenvalue weighted by molar-refractivity contribution is 0.347. The molecule has 0 fully saturated rings.